The zero-order chi connectivity index (χ0) is 13.3. The van der Waals surface area contributed by atoms with Crippen LogP contribution in [0.5, 0.6) is 5.75 Å². The van der Waals surface area contributed by atoms with Crippen molar-refractivity contribution in [1.29, 1.82) is 0 Å². The molecule has 0 bridgehead atoms. The van der Waals surface area contributed by atoms with E-state index in [1.54, 1.807) is 18.2 Å². The van der Waals surface area contributed by atoms with Crippen LogP contribution in [-0.2, 0) is 0 Å². The molecule has 0 saturated heterocycles. The van der Waals surface area contributed by atoms with Crippen LogP contribution >= 0.6 is 11.6 Å². The first-order chi connectivity index (χ1) is 8.49. The molecule has 0 fully saturated rings. The summed E-state index contributed by atoms with van der Waals surface area (Å²) < 4.78 is 5.58. The highest BCUT2D eigenvalue weighted by Crippen LogP contribution is 2.33. The highest BCUT2D eigenvalue weighted by Gasteiger charge is 2.10. The Bertz CT molecular complexity index is 605. The highest BCUT2D eigenvalue weighted by molar-refractivity contribution is 6.37. The van der Waals surface area contributed by atoms with Crippen LogP contribution in [-0.4, -0.2) is 17.2 Å². The maximum atomic E-state index is 10.9. The molecule has 2 aromatic carbocycles. The van der Waals surface area contributed by atoms with Crippen molar-refractivity contribution in [2.45, 2.75) is 20.0 Å². The lowest BCUT2D eigenvalue weighted by atomic mass is 10.1. The Kier molecular flexibility index (Phi) is 3.43. The van der Waals surface area contributed by atoms with Crippen molar-refractivity contribution in [2.24, 2.45) is 0 Å². The number of fused-ring (bicyclic) bond motifs is 1. The molecule has 94 valence electrons. The number of benzene rings is 2. The van der Waals surface area contributed by atoms with Gasteiger partial charge >= 0.3 is 5.97 Å². The monoisotopic (exact) mass is 264 g/mol. The molecule has 0 saturated carbocycles. The second-order valence-electron chi connectivity index (χ2n) is 4.29. The fourth-order valence-electron chi connectivity index (χ4n) is 1.75. The summed E-state index contributed by atoms with van der Waals surface area (Å²) >= 11 is 6.25. The highest BCUT2D eigenvalue weighted by atomic mass is 35.5. The Morgan fingerprint density at radius 1 is 1.28 bits per heavy atom. The van der Waals surface area contributed by atoms with Gasteiger partial charge < -0.3 is 9.84 Å². The van der Waals surface area contributed by atoms with Crippen LogP contribution < -0.4 is 4.74 Å². The van der Waals surface area contributed by atoms with Gasteiger partial charge in [0.05, 0.1) is 16.7 Å². The van der Waals surface area contributed by atoms with Crippen LogP contribution in [0.25, 0.3) is 10.8 Å². The molecule has 0 heterocycles. The fourth-order valence-corrected chi connectivity index (χ4v) is 2.03. The Balaban J connectivity index is 2.55. The van der Waals surface area contributed by atoms with Crippen LogP contribution in [0.4, 0.5) is 0 Å². The van der Waals surface area contributed by atoms with E-state index in [2.05, 4.69) is 0 Å². The first kappa shape index (κ1) is 12.7. The van der Waals surface area contributed by atoms with Gasteiger partial charge in [-0.15, -0.1) is 0 Å². The summed E-state index contributed by atoms with van der Waals surface area (Å²) in [6, 6.07) is 8.41. The number of hydrogen-bond acceptors (Lipinski definition) is 2. The van der Waals surface area contributed by atoms with Gasteiger partial charge in [-0.3, -0.25) is 0 Å². The number of carboxylic acid groups (broad SMARTS) is 1. The minimum absolute atomic E-state index is 0.0400. The van der Waals surface area contributed by atoms with Crippen molar-refractivity contribution in [2.75, 3.05) is 0 Å². The molecule has 18 heavy (non-hydrogen) atoms. The van der Waals surface area contributed by atoms with Crippen molar-refractivity contribution in [3.05, 3.63) is 40.9 Å². The summed E-state index contributed by atoms with van der Waals surface area (Å²) in [5.41, 5.74) is 0.246. The van der Waals surface area contributed by atoms with Crippen LogP contribution in [0.3, 0.4) is 0 Å². The lowest BCUT2D eigenvalue weighted by molar-refractivity contribution is 0.0697. The topological polar surface area (TPSA) is 46.5 Å². The summed E-state index contributed by atoms with van der Waals surface area (Å²) in [7, 11) is 0. The number of aromatic carboxylic acids is 1. The number of halogens is 1. The van der Waals surface area contributed by atoms with E-state index < -0.39 is 5.97 Å². The molecule has 0 spiro atoms. The van der Waals surface area contributed by atoms with Crippen LogP contribution in [0, 0.1) is 0 Å². The van der Waals surface area contributed by atoms with E-state index in [-0.39, 0.29) is 11.7 Å². The predicted molar refractivity (Wildman–Crippen MR) is 71.7 cm³/mol. The van der Waals surface area contributed by atoms with E-state index in [4.69, 9.17) is 21.4 Å². The third-order valence-electron chi connectivity index (χ3n) is 2.53. The molecule has 0 atom stereocenters. The molecule has 0 aromatic heterocycles. The average molecular weight is 265 g/mol. The second kappa shape index (κ2) is 4.86. The molecule has 0 unspecified atom stereocenters. The van der Waals surface area contributed by atoms with E-state index in [9.17, 15) is 4.79 Å². The molecule has 0 aliphatic carbocycles. The summed E-state index contributed by atoms with van der Waals surface area (Å²) in [5.74, 6) is -0.335. The van der Waals surface area contributed by atoms with Gasteiger partial charge in [0.2, 0.25) is 0 Å². The maximum absolute atomic E-state index is 10.9. The Labute approximate surface area is 110 Å². The van der Waals surface area contributed by atoms with Gasteiger partial charge in [-0.2, -0.15) is 0 Å². The standard InChI is InChI=1S/C14H13ClO3/c1-8(2)18-12-6-4-9-7-10(14(16)17)3-5-11(9)13(12)15/h3-8H,1-2H3,(H,16,17). The Morgan fingerprint density at radius 2 is 2.00 bits per heavy atom. The molecular formula is C14H13ClO3. The summed E-state index contributed by atoms with van der Waals surface area (Å²) in [6.07, 6.45) is 0.0400. The van der Waals surface area contributed by atoms with E-state index in [1.807, 2.05) is 19.9 Å². The molecule has 4 heteroatoms. The molecule has 0 aliphatic rings. The largest absolute Gasteiger partial charge is 0.489 e. The van der Waals surface area contributed by atoms with Crippen molar-refractivity contribution >= 4 is 28.3 Å². The molecular weight excluding hydrogens is 252 g/mol. The Morgan fingerprint density at radius 3 is 2.61 bits per heavy atom. The quantitative estimate of drug-likeness (QED) is 0.912. The van der Waals surface area contributed by atoms with Crippen molar-refractivity contribution in [3.63, 3.8) is 0 Å². The molecule has 2 rings (SSSR count). The fraction of sp³-hybridized carbons (Fsp3) is 0.214. The molecule has 0 radical (unpaired) electrons. The third-order valence-corrected chi connectivity index (χ3v) is 2.92. The van der Waals surface area contributed by atoms with Gasteiger partial charge in [0, 0.05) is 5.39 Å². The van der Waals surface area contributed by atoms with Crippen LogP contribution in [0.1, 0.15) is 24.2 Å². The zero-order valence-corrected chi connectivity index (χ0v) is 10.9. The number of carboxylic acids is 1. The first-order valence-corrected chi connectivity index (χ1v) is 5.99. The second-order valence-corrected chi connectivity index (χ2v) is 4.66. The van der Waals surface area contributed by atoms with Gasteiger partial charge in [0.25, 0.3) is 0 Å². The lowest BCUT2D eigenvalue weighted by Gasteiger charge is -2.13. The zero-order valence-electron chi connectivity index (χ0n) is 10.1. The molecule has 1 N–H and O–H groups in total. The molecule has 0 amide bonds. The number of hydrogen-bond donors (Lipinski definition) is 1. The van der Waals surface area contributed by atoms with Crippen molar-refractivity contribution in [1.82, 2.24) is 0 Å². The minimum atomic E-state index is -0.949. The third kappa shape index (κ3) is 2.41. The summed E-state index contributed by atoms with van der Waals surface area (Å²) in [6.45, 7) is 3.85. The Hall–Kier alpha value is -1.74. The predicted octanol–water partition coefficient (Wildman–Crippen LogP) is 3.98. The minimum Gasteiger partial charge on any atom is -0.489 e. The SMILES string of the molecule is CC(C)Oc1ccc2cc(C(=O)O)ccc2c1Cl. The number of rotatable bonds is 3. The van der Waals surface area contributed by atoms with Gasteiger partial charge in [-0.1, -0.05) is 23.7 Å². The van der Waals surface area contributed by atoms with Crippen LogP contribution in [0.2, 0.25) is 5.02 Å². The smallest absolute Gasteiger partial charge is 0.335 e. The van der Waals surface area contributed by atoms with Crippen molar-refractivity contribution in [3.8, 4) is 5.75 Å². The van der Waals surface area contributed by atoms with Gasteiger partial charge in [0.15, 0.2) is 0 Å². The summed E-state index contributed by atoms with van der Waals surface area (Å²) in [5, 5.41) is 11.0. The van der Waals surface area contributed by atoms with E-state index >= 15 is 0 Å². The average Bonchev–Trinajstić information content (AvgIpc) is 2.32. The normalized spacial score (nSPS) is 10.9. The number of ether oxygens (including phenoxy) is 1. The maximum Gasteiger partial charge on any atom is 0.335 e. The summed E-state index contributed by atoms with van der Waals surface area (Å²) in [4.78, 5) is 10.9. The lowest BCUT2D eigenvalue weighted by Crippen LogP contribution is -2.06. The van der Waals surface area contributed by atoms with Gasteiger partial charge in [-0.25, -0.2) is 4.79 Å². The van der Waals surface area contributed by atoms with Gasteiger partial charge in [-0.05, 0) is 37.4 Å². The van der Waals surface area contributed by atoms with E-state index in [1.165, 1.54) is 6.07 Å². The van der Waals surface area contributed by atoms with E-state index in [0.717, 1.165) is 10.8 Å². The number of carbonyl (C=O) groups is 1. The molecule has 0 aliphatic heterocycles. The molecule has 3 nitrogen and oxygen atoms in total. The first-order valence-electron chi connectivity index (χ1n) is 5.61. The molecule has 2 aromatic rings. The van der Waals surface area contributed by atoms with Crippen molar-refractivity contribution < 1.29 is 14.6 Å². The van der Waals surface area contributed by atoms with Crippen LogP contribution in [0.15, 0.2) is 30.3 Å². The van der Waals surface area contributed by atoms with E-state index in [0.29, 0.717) is 10.8 Å². The van der Waals surface area contributed by atoms with Gasteiger partial charge in [0.1, 0.15) is 5.75 Å².